The van der Waals surface area contributed by atoms with Gasteiger partial charge in [-0.2, -0.15) is 0 Å². The van der Waals surface area contributed by atoms with Gasteiger partial charge in [-0.25, -0.2) is 4.98 Å². The summed E-state index contributed by atoms with van der Waals surface area (Å²) in [5.74, 6) is 6.63. The molecule has 0 saturated carbocycles. The fourth-order valence-corrected chi connectivity index (χ4v) is 5.37. The number of primary amides is 1. The van der Waals surface area contributed by atoms with E-state index in [2.05, 4.69) is 22.2 Å². The molecule has 0 aliphatic heterocycles. The van der Waals surface area contributed by atoms with Crippen LogP contribution in [-0.2, 0) is 6.54 Å². The van der Waals surface area contributed by atoms with Crippen LogP contribution in [0.2, 0.25) is 0 Å². The Bertz CT molecular complexity index is 1660. The number of hydrogen-bond donors (Lipinski definition) is 3. The third-order valence-corrected chi connectivity index (χ3v) is 6.95. The Morgan fingerprint density at radius 1 is 1.20 bits per heavy atom. The standard InChI is InChI=1S/C27H23N5O2S/c1-34-23-12-16(20-15-35-25-18(6-4-10-28)13-31-26(29)24(20)25)8-9-19(23)14-32-21-7-3-2-5-17(21)11-22(32)27(30)33/h2-3,5,7-9,11-13,15H,10,14,28H2,1H3,(H2,29,31)(H2,30,33). The number of pyridine rings is 1. The van der Waals surface area contributed by atoms with Crippen LogP contribution in [-0.4, -0.2) is 29.1 Å². The van der Waals surface area contributed by atoms with Crippen molar-refractivity contribution in [2.75, 3.05) is 19.4 Å². The summed E-state index contributed by atoms with van der Waals surface area (Å²) in [5.41, 5.74) is 22.5. The van der Waals surface area contributed by atoms with Crippen LogP contribution in [0.15, 0.2) is 60.1 Å². The van der Waals surface area contributed by atoms with Crippen molar-refractivity contribution in [3.05, 3.63) is 76.9 Å². The molecule has 0 spiro atoms. The van der Waals surface area contributed by atoms with Gasteiger partial charge in [-0.3, -0.25) is 4.79 Å². The molecule has 0 radical (unpaired) electrons. The fraction of sp³-hybridized carbons (Fsp3) is 0.111. The Hall–Kier alpha value is -4.32. The van der Waals surface area contributed by atoms with E-state index in [-0.39, 0.29) is 6.54 Å². The van der Waals surface area contributed by atoms with Crippen LogP contribution < -0.4 is 21.9 Å². The summed E-state index contributed by atoms with van der Waals surface area (Å²) < 4.78 is 8.64. The lowest BCUT2D eigenvalue weighted by atomic mass is 10.0. The van der Waals surface area contributed by atoms with Crippen LogP contribution in [0.3, 0.4) is 0 Å². The van der Waals surface area contributed by atoms with E-state index in [1.54, 1.807) is 24.6 Å². The number of nitrogens with zero attached hydrogens (tertiary/aromatic N) is 2. The van der Waals surface area contributed by atoms with E-state index in [1.165, 1.54) is 0 Å². The number of carbonyl (C=O) groups is 1. The number of fused-ring (bicyclic) bond motifs is 2. The highest BCUT2D eigenvalue weighted by Gasteiger charge is 2.18. The number of carbonyl (C=O) groups excluding carboxylic acids is 1. The van der Waals surface area contributed by atoms with Crippen molar-refractivity contribution in [3.63, 3.8) is 0 Å². The molecule has 2 aromatic carbocycles. The maximum Gasteiger partial charge on any atom is 0.265 e. The van der Waals surface area contributed by atoms with Gasteiger partial charge in [-0.05, 0) is 29.1 Å². The summed E-state index contributed by atoms with van der Waals surface area (Å²) in [6.07, 6.45) is 1.68. The molecule has 0 unspecified atom stereocenters. The number of rotatable bonds is 5. The van der Waals surface area contributed by atoms with Crippen molar-refractivity contribution in [2.45, 2.75) is 6.54 Å². The number of para-hydroxylation sites is 1. The molecule has 174 valence electrons. The molecule has 3 aromatic heterocycles. The number of benzene rings is 2. The predicted octanol–water partition coefficient (Wildman–Crippen LogP) is 3.97. The lowest BCUT2D eigenvalue weighted by molar-refractivity contribution is 0.0992. The topological polar surface area (TPSA) is 122 Å². The first-order valence-electron chi connectivity index (χ1n) is 10.9. The minimum atomic E-state index is -0.474. The molecular formula is C27H23N5O2S. The second-order valence-corrected chi connectivity index (χ2v) is 8.86. The van der Waals surface area contributed by atoms with Gasteiger partial charge >= 0.3 is 0 Å². The van der Waals surface area contributed by atoms with Gasteiger partial charge in [-0.1, -0.05) is 42.2 Å². The molecule has 0 fully saturated rings. The summed E-state index contributed by atoms with van der Waals surface area (Å²) in [5, 5.41) is 3.87. The van der Waals surface area contributed by atoms with Crippen LogP contribution in [0, 0.1) is 11.8 Å². The summed E-state index contributed by atoms with van der Waals surface area (Å²) in [7, 11) is 1.63. The quantitative estimate of drug-likeness (QED) is 0.328. The molecule has 0 aliphatic rings. The molecule has 1 amide bonds. The van der Waals surface area contributed by atoms with E-state index in [4.69, 9.17) is 21.9 Å². The average Bonchev–Trinajstić information content (AvgIpc) is 3.47. The Morgan fingerprint density at radius 3 is 2.80 bits per heavy atom. The number of hydrogen-bond acceptors (Lipinski definition) is 6. The average molecular weight is 482 g/mol. The highest BCUT2D eigenvalue weighted by Crippen LogP contribution is 2.40. The molecule has 0 bridgehead atoms. The Labute approximate surface area is 206 Å². The lowest BCUT2D eigenvalue weighted by Crippen LogP contribution is -2.17. The Morgan fingerprint density at radius 2 is 2.03 bits per heavy atom. The summed E-state index contributed by atoms with van der Waals surface area (Å²) in [6.45, 7) is 0.707. The van der Waals surface area contributed by atoms with Crippen LogP contribution in [0.25, 0.3) is 32.1 Å². The second-order valence-electron chi connectivity index (χ2n) is 7.98. The normalized spacial score (nSPS) is 10.9. The maximum absolute atomic E-state index is 12.1. The number of nitrogens with two attached hydrogens (primary N) is 3. The van der Waals surface area contributed by atoms with E-state index in [9.17, 15) is 4.79 Å². The molecule has 5 rings (SSSR count). The molecule has 8 heteroatoms. The molecule has 0 saturated heterocycles. The van der Waals surface area contributed by atoms with Crippen molar-refractivity contribution >= 4 is 44.1 Å². The summed E-state index contributed by atoms with van der Waals surface area (Å²) in [6, 6.07) is 15.6. The zero-order chi connectivity index (χ0) is 24.5. The van der Waals surface area contributed by atoms with Gasteiger partial charge in [0.25, 0.3) is 5.91 Å². The minimum absolute atomic E-state index is 0.275. The number of aromatic nitrogens is 2. The largest absolute Gasteiger partial charge is 0.496 e. The molecule has 3 heterocycles. The molecular weight excluding hydrogens is 458 g/mol. The van der Waals surface area contributed by atoms with Crippen molar-refractivity contribution in [2.24, 2.45) is 11.5 Å². The zero-order valence-electron chi connectivity index (χ0n) is 19.0. The van der Waals surface area contributed by atoms with Gasteiger partial charge in [0.1, 0.15) is 17.3 Å². The van der Waals surface area contributed by atoms with Gasteiger partial charge in [0, 0.05) is 33.6 Å². The minimum Gasteiger partial charge on any atom is -0.496 e. The highest BCUT2D eigenvalue weighted by molar-refractivity contribution is 7.18. The first kappa shape index (κ1) is 22.5. The van der Waals surface area contributed by atoms with E-state index in [0.717, 1.165) is 43.2 Å². The molecule has 5 aromatic rings. The SMILES string of the molecule is COc1cc(-c2csc3c(C#CCN)cnc(N)c23)ccc1Cn1c(C(N)=O)cc2ccccc21. The Balaban J connectivity index is 1.59. The van der Waals surface area contributed by atoms with Crippen molar-refractivity contribution < 1.29 is 9.53 Å². The first-order valence-corrected chi connectivity index (χ1v) is 11.8. The number of ether oxygens (including phenoxy) is 1. The van der Waals surface area contributed by atoms with Crippen LogP contribution in [0.1, 0.15) is 21.6 Å². The van der Waals surface area contributed by atoms with Crippen LogP contribution in [0.4, 0.5) is 5.82 Å². The number of methoxy groups -OCH3 is 1. The third kappa shape index (κ3) is 3.97. The van der Waals surface area contributed by atoms with Gasteiger partial charge < -0.3 is 26.5 Å². The van der Waals surface area contributed by atoms with Crippen molar-refractivity contribution in [3.8, 4) is 28.7 Å². The monoisotopic (exact) mass is 481 g/mol. The highest BCUT2D eigenvalue weighted by atomic mass is 32.1. The van der Waals surface area contributed by atoms with E-state index in [1.807, 2.05) is 53.1 Å². The van der Waals surface area contributed by atoms with E-state index >= 15 is 0 Å². The van der Waals surface area contributed by atoms with Gasteiger partial charge in [-0.15, -0.1) is 11.3 Å². The third-order valence-electron chi connectivity index (χ3n) is 5.94. The van der Waals surface area contributed by atoms with E-state index < -0.39 is 5.91 Å². The molecule has 0 atom stereocenters. The summed E-state index contributed by atoms with van der Waals surface area (Å²) in [4.78, 5) is 16.5. The molecule has 6 N–H and O–H groups in total. The number of anilines is 1. The van der Waals surface area contributed by atoms with Crippen LogP contribution >= 0.6 is 11.3 Å². The smallest absolute Gasteiger partial charge is 0.265 e. The maximum atomic E-state index is 12.1. The predicted molar refractivity (Wildman–Crippen MR) is 142 cm³/mol. The number of nitrogen functional groups attached to an aromatic ring is 1. The molecule has 7 nitrogen and oxygen atoms in total. The van der Waals surface area contributed by atoms with E-state index in [0.29, 0.717) is 23.8 Å². The summed E-state index contributed by atoms with van der Waals surface area (Å²) >= 11 is 1.57. The second kappa shape index (κ2) is 9.14. The fourth-order valence-electron chi connectivity index (χ4n) is 4.31. The van der Waals surface area contributed by atoms with Gasteiger partial charge in [0.05, 0.1) is 30.5 Å². The molecule has 0 aliphatic carbocycles. The number of amides is 1. The number of thiophene rings is 1. The van der Waals surface area contributed by atoms with Crippen molar-refractivity contribution in [1.82, 2.24) is 9.55 Å². The first-order chi connectivity index (χ1) is 17.0. The van der Waals surface area contributed by atoms with Gasteiger partial charge in [0.15, 0.2) is 0 Å². The lowest BCUT2D eigenvalue weighted by Gasteiger charge is -2.14. The van der Waals surface area contributed by atoms with Crippen LogP contribution in [0.5, 0.6) is 5.75 Å². The zero-order valence-corrected chi connectivity index (χ0v) is 19.9. The van der Waals surface area contributed by atoms with Gasteiger partial charge in [0.2, 0.25) is 0 Å². The van der Waals surface area contributed by atoms with Crippen molar-refractivity contribution in [1.29, 1.82) is 0 Å². The Kier molecular flexibility index (Phi) is 5.87. The molecule has 35 heavy (non-hydrogen) atoms.